The first-order valence-corrected chi connectivity index (χ1v) is 7.28. The smallest absolute Gasteiger partial charge is 0.161 e. The van der Waals surface area contributed by atoms with Gasteiger partial charge in [-0.2, -0.15) is 0 Å². The van der Waals surface area contributed by atoms with Crippen LogP contribution in [0.25, 0.3) is 0 Å². The number of benzene rings is 1. The van der Waals surface area contributed by atoms with E-state index in [1.54, 1.807) is 14.2 Å². The highest BCUT2D eigenvalue weighted by molar-refractivity contribution is 5.85. The second kappa shape index (κ2) is 8.38. The van der Waals surface area contributed by atoms with Crippen LogP contribution in [0.2, 0.25) is 0 Å². The highest BCUT2D eigenvalue weighted by Crippen LogP contribution is 2.36. The molecule has 0 amide bonds. The van der Waals surface area contributed by atoms with Crippen LogP contribution < -0.4 is 14.8 Å². The van der Waals surface area contributed by atoms with Gasteiger partial charge in [0.1, 0.15) is 0 Å². The topological polar surface area (TPSA) is 30.5 Å². The zero-order valence-corrected chi connectivity index (χ0v) is 13.5. The average molecular weight is 300 g/mol. The van der Waals surface area contributed by atoms with Crippen molar-refractivity contribution >= 4 is 12.4 Å². The monoisotopic (exact) mass is 299 g/mol. The number of unbranched alkanes of at least 4 members (excludes halogenated alkanes) is 2. The molecule has 1 aliphatic heterocycles. The van der Waals surface area contributed by atoms with Crippen molar-refractivity contribution in [3.63, 3.8) is 0 Å². The van der Waals surface area contributed by atoms with Gasteiger partial charge in [-0.3, -0.25) is 0 Å². The van der Waals surface area contributed by atoms with E-state index in [0.29, 0.717) is 6.04 Å². The molecule has 1 N–H and O–H groups in total. The Morgan fingerprint density at radius 1 is 1.15 bits per heavy atom. The molecule has 2 rings (SSSR count). The van der Waals surface area contributed by atoms with Gasteiger partial charge in [0.05, 0.1) is 14.2 Å². The number of rotatable bonds is 6. The number of fused-ring (bicyclic) bond motifs is 1. The van der Waals surface area contributed by atoms with E-state index in [1.165, 1.54) is 36.8 Å². The van der Waals surface area contributed by atoms with E-state index in [1.807, 2.05) is 0 Å². The molecule has 0 saturated heterocycles. The number of ether oxygens (including phenoxy) is 2. The zero-order chi connectivity index (χ0) is 13.7. The van der Waals surface area contributed by atoms with Gasteiger partial charge in [-0.05, 0) is 42.6 Å². The molecule has 0 radical (unpaired) electrons. The first kappa shape index (κ1) is 17.1. The molecule has 0 spiro atoms. The quantitative estimate of drug-likeness (QED) is 0.808. The summed E-state index contributed by atoms with van der Waals surface area (Å²) in [6.07, 6.45) is 6.13. The summed E-state index contributed by atoms with van der Waals surface area (Å²) in [5.41, 5.74) is 2.79. The fourth-order valence-corrected chi connectivity index (χ4v) is 2.82. The van der Waals surface area contributed by atoms with E-state index in [-0.39, 0.29) is 12.4 Å². The van der Waals surface area contributed by atoms with E-state index in [4.69, 9.17) is 9.47 Å². The molecular formula is C16H26ClNO2. The van der Waals surface area contributed by atoms with Crippen molar-refractivity contribution < 1.29 is 9.47 Å². The predicted molar refractivity (Wildman–Crippen MR) is 85.4 cm³/mol. The first-order valence-electron chi connectivity index (χ1n) is 7.28. The van der Waals surface area contributed by atoms with Crippen molar-refractivity contribution in [3.8, 4) is 11.5 Å². The van der Waals surface area contributed by atoms with Crippen molar-refractivity contribution in [1.29, 1.82) is 0 Å². The lowest BCUT2D eigenvalue weighted by Crippen LogP contribution is -2.29. The van der Waals surface area contributed by atoms with E-state index < -0.39 is 0 Å². The van der Waals surface area contributed by atoms with Crippen LogP contribution in [-0.2, 0) is 6.42 Å². The van der Waals surface area contributed by atoms with Gasteiger partial charge in [0.15, 0.2) is 11.5 Å². The minimum atomic E-state index is 0. The Hall–Kier alpha value is -0.930. The van der Waals surface area contributed by atoms with E-state index in [2.05, 4.69) is 24.4 Å². The minimum absolute atomic E-state index is 0. The second-order valence-corrected chi connectivity index (χ2v) is 5.16. The third-order valence-corrected chi connectivity index (χ3v) is 3.90. The highest BCUT2D eigenvalue weighted by atomic mass is 35.5. The summed E-state index contributed by atoms with van der Waals surface area (Å²) in [6.45, 7) is 3.30. The highest BCUT2D eigenvalue weighted by Gasteiger charge is 2.21. The van der Waals surface area contributed by atoms with Crippen molar-refractivity contribution in [2.24, 2.45) is 0 Å². The van der Waals surface area contributed by atoms with E-state index in [0.717, 1.165) is 24.5 Å². The molecular weight excluding hydrogens is 274 g/mol. The minimum Gasteiger partial charge on any atom is -0.493 e. The molecule has 0 bridgehead atoms. The predicted octanol–water partition coefficient (Wildman–Crippen LogP) is 3.89. The third-order valence-electron chi connectivity index (χ3n) is 3.90. The summed E-state index contributed by atoms with van der Waals surface area (Å²) in [6, 6.07) is 4.76. The van der Waals surface area contributed by atoms with Crippen LogP contribution in [0.3, 0.4) is 0 Å². The molecule has 1 aliphatic rings. The summed E-state index contributed by atoms with van der Waals surface area (Å²) in [4.78, 5) is 0. The van der Waals surface area contributed by atoms with Gasteiger partial charge in [-0.15, -0.1) is 12.4 Å². The van der Waals surface area contributed by atoms with Crippen LogP contribution in [-0.4, -0.2) is 20.8 Å². The normalized spacial score (nSPS) is 17.1. The molecule has 20 heavy (non-hydrogen) atoms. The molecule has 0 aliphatic carbocycles. The Morgan fingerprint density at radius 2 is 1.85 bits per heavy atom. The molecule has 0 aromatic heterocycles. The van der Waals surface area contributed by atoms with Crippen molar-refractivity contribution in [3.05, 3.63) is 23.3 Å². The fourth-order valence-electron chi connectivity index (χ4n) is 2.82. The summed E-state index contributed by atoms with van der Waals surface area (Å²) in [7, 11) is 3.40. The van der Waals surface area contributed by atoms with Crippen LogP contribution in [0.15, 0.2) is 12.1 Å². The van der Waals surface area contributed by atoms with Crippen LogP contribution in [0.1, 0.15) is 49.8 Å². The van der Waals surface area contributed by atoms with Crippen molar-refractivity contribution in [1.82, 2.24) is 5.32 Å². The lowest BCUT2D eigenvalue weighted by molar-refractivity contribution is 0.351. The fraction of sp³-hybridized carbons (Fsp3) is 0.625. The molecule has 4 heteroatoms. The maximum Gasteiger partial charge on any atom is 0.161 e. The molecule has 114 valence electrons. The number of halogens is 1. The molecule has 1 unspecified atom stereocenters. The molecule has 1 heterocycles. The average Bonchev–Trinajstić information content (AvgIpc) is 2.46. The van der Waals surface area contributed by atoms with Gasteiger partial charge < -0.3 is 14.8 Å². The third kappa shape index (κ3) is 3.80. The lowest BCUT2D eigenvalue weighted by Gasteiger charge is -2.28. The first-order chi connectivity index (χ1) is 9.30. The zero-order valence-electron chi connectivity index (χ0n) is 12.7. The number of hydrogen-bond acceptors (Lipinski definition) is 3. The molecule has 1 aromatic rings. The Bertz CT molecular complexity index is 423. The summed E-state index contributed by atoms with van der Waals surface area (Å²) < 4.78 is 10.8. The van der Waals surface area contributed by atoms with Gasteiger partial charge in [0, 0.05) is 6.04 Å². The Morgan fingerprint density at radius 3 is 2.50 bits per heavy atom. The SMILES string of the molecule is CCCCCC1NCCc2cc(OC)c(OC)cc21.Cl. The van der Waals surface area contributed by atoms with Gasteiger partial charge in [0.25, 0.3) is 0 Å². The van der Waals surface area contributed by atoms with Gasteiger partial charge in [0.2, 0.25) is 0 Å². The van der Waals surface area contributed by atoms with Crippen LogP contribution in [0, 0.1) is 0 Å². The maximum atomic E-state index is 5.42. The maximum absolute atomic E-state index is 5.42. The molecule has 0 fully saturated rings. The summed E-state index contributed by atoms with van der Waals surface area (Å²) >= 11 is 0. The van der Waals surface area contributed by atoms with E-state index >= 15 is 0 Å². The molecule has 1 atom stereocenters. The van der Waals surface area contributed by atoms with E-state index in [9.17, 15) is 0 Å². The Labute approximate surface area is 128 Å². The van der Waals surface area contributed by atoms with Crippen LogP contribution in [0.4, 0.5) is 0 Å². The van der Waals surface area contributed by atoms with Crippen LogP contribution >= 0.6 is 12.4 Å². The van der Waals surface area contributed by atoms with Crippen molar-refractivity contribution in [2.45, 2.75) is 45.1 Å². The summed E-state index contributed by atoms with van der Waals surface area (Å²) in [5, 5.41) is 3.63. The lowest BCUT2D eigenvalue weighted by atomic mass is 9.90. The van der Waals surface area contributed by atoms with Gasteiger partial charge in [-0.25, -0.2) is 0 Å². The number of nitrogens with one attached hydrogen (secondary N) is 1. The second-order valence-electron chi connectivity index (χ2n) is 5.16. The van der Waals surface area contributed by atoms with Crippen molar-refractivity contribution in [2.75, 3.05) is 20.8 Å². The molecule has 0 saturated carbocycles. The van der Waals surface area contributed by atoms with Gasteiger partial charge in [-0.1, -0.05) is 26.2 Å². The number of methoxy groups -OCH3 is 2. The van der Waals surface area contributed by atoms with Gasteiger partial charge >= 0.3 is 0 Å². The summed E-state index contributed by atoms with van der Waals surface area (Å²) in [5.74, 6) is 1.68. The molecule has 1 aromatic carbocycles. The number of hydrogen-bond donors (Lipinski definition) is 1. The largest absolute Gasteiger partial charge is 0.493 e. The Kier molecular flexibility index (Phi) is 7.17. The standard InChI is InChI=1S/C16H25NO2.ClH/c1-4-5-6-7-14-13-11-16(19-3)15(18-2)10-12(13)8-9-17-14;/h10-11,14,17H,4-9H2,1-3H3;1H. The molecule has 3 nitrogen and oxygen atoms in total. The Balaban J connectivity index is 0.00000200. The van der Waals surface area contributed by atoms with Crippen LogP contribution in [0.5, 0.6) is 11.5 Å².